The van der Waals surface area contributed by atoms with E-state index in [0.29, 0.717) is 11.3 Å². The first-order chi connectivity index (χ1) is 22.1. The van der Waals surface area contributed by atoms with Crippen LogP contribution in [-0.2, 0) is 19.1 Å². The van der Waals surface area contributed by atoms with Crippen molar-refractivity contribution in [3.8, 4) is 0 Å². The third-order valence-corrected chi connectivity index (χ3v) is 13.6. The average molecular weight is 635 g/mol. The van der Waals surface area contributed by atoms with E-state index in [9.17, 15) is 19.5 Å². The highest BCUT2D eigenvalue weighted by Gasteiger charge is 2.67. The summed E-state index contributed by atoms with van der Waals surface area (Å²) in [5.41, 5.74) is 4.42. The standard InChI is InChI=1S/C40H46N2O5/c1-24-27-10-12-31-38(4,28(27)21-30(43)34(24)45)16-18-40(6)32-22-37(3,14-13-36(32,2)15-17-39(31,40)5)35(46)47-23-33(44)42-26-9-11-29-25(20-26)8-7-19-41-29/h7-12,19-21,32,45H,13-18,22-23H2,1-6H3,(H,42,44)/t32-,36-,37-,38+,39-,40+/m1/s1. The van der Waals surface area contributed by atoms with Crippen LogP contribution in [0.1, 0.15) is 86.5 Å². The summed E-state index contributed by atoms with van der Waals surface area (Å²) < 4.78 is 5.76. The van der Waals surface area contributed by atoms with Crippen molar-refractivity contribution < 1.29 is 24.2 Å². The van der Waals surface area contributed by atoms with Gasteiger partial charge in [0.2, 0.25) is 5.78 Å². The topological polar surface area (TPSA) is 106 Å². The molecule has 0 bridgehead atoms. The molecule has 5 aliphatic rings. The van der Waals surface area contributed by atoms with Crippen LogP contribution in [0, 0.1) is 33.0 Å². The zero-order chi connectivity index (χ0) is 33.6. The molecule has 7 rings (SSSR count). The zero-order valence-electron chi connectivity index (χ0n) is 28.5. The maximum atomic E-state index is 13.8. The van der Waals surface area contributed by atoms with Crippen molar-refractivity contribution in [1.82, 2.24) is 4.98 Å². The van der Waals surface area contributed by atoms with Gasteiger partial charge in [0.1, 0.15) is 0 Å². The number of carbonyl (C=O) groups is 3. The summed E-state index contributed by atoms with van der Waals surface area (Å²) in [4.78, 5) is 43.8. The van der Waals surface area contributed by atoms with Crippen molar-refractivity contribution in [1.29, 1.82) is 0 Å². The van der Waals surface area contributed by atoms with Crippen molar-refractivity contribution in [2.45, 2.75) is 86.5 Å². The summed E-state index contributed by atoms with van der Waals surface area (Å²) >= 11 is 0. The number of ether oxygens (including phenoxy) is 1. The minimum atomic E-state index is -0.688. The van der Waals surface area contributed by atoms with Crippen molar-refractivity contribution in [2.24, 2.45) is 33.0 Å². The monoisotopic (exact) mass is 634 g/mol. The molecule has 1 amide bonds. The number of aliphatic hydroxyl groups is 1. The summed E-state index contributed by atoms with van der Waals surface area (Å²) in [5, 5.41) is 14.2. The highest BCUT2D eigenvalue weighted by atomic mass is 16.5. The molecule has 246 valence electrons. The molecule has 1 aromatic carbocycles. The van der Waals surface area contributed by atoms with Crippen molar-refractivity contribution >= 4 is 34.3 Å². The minimum absolute atomic E-state index is 0.0762. The van der Waals surface area contributed by atoms with Crippen LogP contribution in [-0.4, -0.2) is 34.4 Å². The Balaban J connectivity index is 1.11. The van der Waals surface area contributed by atoms with Gasteiger partial charge in [-0.15, -0.1) is 0 Å². The zero-order valence-corrected chi connectivity index (χ0v) is 28.5. The van der Waals surface area contributed by atoms with Crippen LogP contribution in [0.4, 0.5) is 5.69 Å². The lowest BCUT2D eigenvalue weighted by molar-refractivity contribution is -0.182. The molecule has 7 heteroatoms. The highest BCUT2D eigenvalue weighted by Crippen LogP contribution is 2.75. The van der Waals surface area contributed by atoms with Gasteiger partial charge in [-0.25, -0.2) is 0 Å². The number of aliphatic hydroxyl groups excluding tert-OH is 1. The number of fused-ring (bicyclic) bond motifs is 8. The number of carbonyl (C=O) groups excluding carboxylic acids is 3. The molecule has 7 nitrogen and oxygen atoms in total. The number of allylic oxidation sites excluding steroid dienone is 7. The van der Waals surface area contributed by atoms with Crippen LogP contribution < -0.4 is 5.32 Å². The fourth-order valence-corrected chi connectivity index (χ4v) is 10.3. The van der Waals surface area contributed by atoms with Crippen LogP contribution in [0.25, 0.3) is 10.9 Å². The van der Waals surface area contributed by atoms with E-state index >= 15 is 0 Å². The average Bonchev–Trinajstić information content (AvgIpc) is 3.05. The van der Waals surface area contributed by atoms with Gasteiger partial charge in [-0.1, -0.05) is 51.5 Å². The molecule has 0 spiro atoms. The molecule has 6 atom stereocenters. The Labute approximate surface area is 277 Å². The van der Waals surface area contributed by atoms with E-state index < -0.39 is 5.41 Å². The molecule has 1 heterocycles. The normalized spacial score (nSPS) is 36.2. The molecule has 0 aliphatic heterocycles. The molecule has 3 saturated carbocycles. The van der Waals surface area contributed by atoms with Gasteiger partial charge in [0, 0.05) is 28.3 Å². The van der Waals surface area contributed by atoms with Crippen LogP contribution in [0.3, 0.4) is 0 Å². The summed E-state index contributed by atoms with van der Waals surface area (Å²) in [6, 6.07) is 9.32. The fourth-order valence-electron chi connectivity index (χ4n) is 10.3. The van der Waals surface area contributed by atoms with E-state index in [0.717, 1.165) is 67.0 Å². The van der Waals surface area contributed by atoms with Gasteiger partial charge in [0.15, 0.2) is 12.4 Å². The Hall–Kier alpha value is -4.00. The van der Waals surface area contributed by atoms with Gasteiger partial charge in [0.05, 0.1) is 10.9 Å². The molecule has 1 aromatic heterocycles. The van der Waals surface area contributed by atoms with E-state index in [-0.39, 0.29) is 57.6 Å². The summed E-state index contributed by atoms with van der Waals surface area (Å²) in [6.07, 6.45) is 14.2. The van der Waals surface area contributed by atoms with Gasteiger partial charge < -0.3 is 15.2 Å². The Bertz CT molecular complexity index is 1870. The number of rotatable bonds is 4. The Morgan fingerprint density at radius 2 is 1.77 bits per heavy atom. The maximum Gasteiger partial charge on any atom is 0.312 e. The molecular weight excluding hydrogens is 588 g/mol. The predicted molar refractivity (Wildman–Crippen MR) is 182 cm³/mol. The lowest BCUT2D eigenvalue weighted by Gasteiger charge is -2.70. The van der Waals surface area contributed by atoms with Crippen LogP contribution >= 0.6 is 0 Å². The minimum Gasteiger partial charge on any atom is -0.504 e. The second kappa shape index (κ2) is 10.5. The second-order valence-corrected chi connectivity index (χ2v) is 16.1. The van der Waals surface area contributed by atoms with Crippen LogP contribution in [0.5, 0.6) is 0 Å². The van der Waals surface area contributed by atoms with Gasteiger partial charge >= 0.3 is 5.97 Å². The van der Waals surface area contributed by atoms with E-state index in [1.165, 1.54) is 5.57 Å². The number of hydrogen-bond acceptors (Lipinski definition) is 6. The molecule has 0 radical (unpaired) electrons. The molecule has 2 N–H and O–H groups in total. The number of benzene rings is 1. The maximum absolute atomic E-state index is 13.8. The predicted octanol–water partition coefficient (Wildman–Crippen LogP) is 8.34. The van der Waals surface area contributed by atoms with Gasteiger partial charge in [-0.3, -0.25) is 19.4 Å². The number of ketones is 1. The van der Waals surface area contributed by atoms with Gasteiger partial charge in [-0.05, 0) is 122 Å². The first kappa shape index (κ1) is 31.6. The number of hydrogen-bond donors (Lipinski definition) is 2. The quantitative estimate of drug-likeness (QED) is 0.328. The third kappa shape index (κ3) is 4.59. The smallest absolute Gasteiger partial charge is 0.312 e. The number of amides is 1. The molecule has 3 fully saturated rings. The highest BCUT2D eigenvalue weighted by molar-refractivity contribution is 6.06. The van der Waals surface area contributed by atoms with E-state index in [1.54, 1.807) is 18.3 Å². The molecule has 2 aromatic rings. The van der Waals surface area contributed by atoms with Crippen molar-refractivity contribution in [3.05, 3.63) is 82.8 Å². The molecular formula is C40H46N2O5. The lowest BCUT2D eigenvalue weighted by atomic mass is 9.34. The Morgan fingerprint density at radius 1 is 1.00 bits per heavy atom. The van der Waals surface area contributed by atoms with E-state index in [4.69, 9.17) is 4.74 Å². The van der Waals surface area contributed by atoms with E-state index in [2.05, 4.69) is 50.1 Å². The number of pyridine rings is 1. The molecule has 0 unspecified atom stereocenters. The van der Waals surface area contributed by atoms with Gasteiger partial charge in [0.25, 0.3) is 5.91 Å². The Morgan fingerprint density at radius 3 is 2.55 bits per heavy atom. The number of esters is 1. The molecule has 47 heavy (non-hydrogen) atoms. The molecule has 5 aliphatic carbocycles. The van der Waals surface area contributed by atoms with Crippen LogP contribution in [0.15, 0.2) is 82.8 Å². The third-order valence-electron chi connectivity index (χ3n) is 13.6. The SMILES string of the molecule is CC1=C(O)C(=O)C=C2C1=CC=C1[C@@]2(C)CC[C@@]2(C)[C@@H]3C[C@](C)(C(=O)OCC(=O)Nc4ccc5ncccc5c4)CC[C@]3(C)CC[C@]12C. The van der Waals surface area contributed by atoms with Gasteiger partial charge in [-0.2, -0.15) is 0 Å². The number of anilines is 1. The fraction of sp³-hybridized carbons (Fsp3) is 0.500. The van der Waals surface area contributed by atoms with E-state index in [1.807, 2.05) is 38.1 Å². The number of nitrogens with zero attached hydrogens (tertiary/aromatic N) is 1. The summed E-state index contributed by atoms with van der Waals surface area (Å²) in [5.74, 6) is -0.843. The first-order valence-corrected chi connectivity index (χ1v) is 17.1. The molecule has 0 saturated heterocycles. The second-order valence-electron chi connectivity index (χ2n) is 16.1. The van der Waals surface area contributed by atoms with Crippen LogP contribution in [0.2, 0.25) is 0 Å². The lowest BCUT2D eigenvalue weighted by Crippen LogP contribution is -2.62. The van der Waals surface area contributed by atoms with Crippen molar-refractivity contribution in [3.63, 3.8) is 0 Å². The Kier molecular flexibility index (Phi) is 7.06. The summed E-state index contributed by atoms with van der Waals surface area (Å²) in [6.45, 7) is 13.1. The number of nitrogens with one attached hydrogen (secondary N) is 1. The number of aromatic nitrogens is 1. The first-order valence-electron chi connectivity index (χ1n) is 17.1. The van der Waals surface area contributed by atoms with Crippen molar-refractivity contribution in [2.75, 3.05) is 11.9 Å². The summed E-state index contributed by atoms with van der Waals surface area (Å²) in [7, 11) is 0. The largest absolute Gasteiger partial charge is 0.504 e.